The average molecular weight is 393 g/mol. The molecule has 1 saturated heterocycles. The molecule has 0 spiro atoms. The van der Waals surface area contributed by atoms with Gasteiger partial charge in [-0.25, -0.2) is 0 Å². The van der Waals surface area contributed by atoms with Crippen molar-refractivity contribution >= 4 is 27.5 Å². The highest BCUT2D eigenvalue weighted by atomic mass is 79.9. The van der Waals surface area contributed by atoms with Crippen molar-refractivity contribution in [3.05, 3.63) is 27.7 Å². The predicted octanol–water partition coefficient (Wildman–Crippen LogP) is 3.61. The van der Waals surface area contributed by atoms with Crippen LogP contribution in [-0.2, 0) is 9.47 Å². The maximum absolute atomic E-state index is 6.08. The van der Waals surface area contributed by atoms with E-state index < -0.39 is 0 Å². The molecule has 2 rings (SSSR count). The molecular weight excluding hydrogens is 370 g/mol. The molecule has 1 heterocycles. The van der Waals surface area contributed by atoms with E-state index in [9.17, 15) is 0 Å². The Morgan fingerprint density at radius 3 is 2.64 bits per heavy atom. The molecule has 0 N–H and O–H groups in total. The van der Waals surface area contributed by atoms with Gasteiger partial charge in [-0.15, -0.1) is 0 Å². The Bertz CT molecular complexity index is 465. The first-order valence-corrected chi connectivity index (χ1v) is 8.75. The summed E-state index contributed by atoms with van der Waals surface area (Å²) in [7, 11) is 0. The number of halogens is 2. The van der Waals surface area contributed by atoms with Gasteiger partial charge in [0.15, 0.2) is 0 Å². The quantitative estimate of drug-likeness (QED) is 0.663. The van der Waals surface area contributed by atoms with Crippen LogP contribution in [0.2, 0.25) is 5.02 Å². The minimum atomic E-state index is 0.298. The zero-order valence-corrected chi connectivity index (χ0v) is 15.4. The third-order valence-electron chi connectivity index (χ3n) is 3.43. The lowest BCUT2D eigenvalue weighted by Crippen LogP contribution is -2.46. The number of hydrogen-bond acceptors (Lipinski definition) is 4. The van der Waals surface area contributed by atoms with E-state index in [2.05, 4.69) is 34.7 Å². The van der Waals surface area contributed by atoms with Gasteiger partial charge >= 0.3 is 0 Å². The van der Waals surface area contributed by atoms with Crippen LogP contribution < -0.4 is 4.74 Å². The Kier molecular flexibility index (Phi) is 7.44. The smallest absolute Gasteiger partial charge is 0.138 e. The summed E-state index contributed by atoms with van der Waals surface area (Å²) in [6.45, 7) is 8.85. The molecule has 1 aliphatic heterocycles. The van der Waals surface area contributed by atoms with Crippen LogP contribution in [0.15, 0.2) is 22.7 Å². The summed E-state index contributed by atoms with van der Waals surface area (Å²) < 4.78 is 17.9. The summed E-state index contributed by atoms with van der Waals surface area (Å²) in [6, 6.07) is 5.57. The van der Waals surface area contributed by atoms with Crippen LogP contribution in [0.5, 0.6) is 5.75 Å². The third kappa shape index (κ3) is 6.05. The van der Waals surface area contributed by atoms with Crippen molar-refractivity contribution < 1.29 is 14.2 Å². The summed E-state index contributed by atoms with van der Waals surface area (Å²) in [5.41, 5.74) is 0. The molecule has 0 unspecified atom stereocenters. The third-order valence-corrected chi connectivity index (χ3v) is 4.21. The van der Waals surface area contributed by atoms with E-state index in [4.69, 9.17) is 25.8 Å². The van der Waals surface area contributed by atoms with Crippen molar-refractivity contribution in [3.8, 4) is 5.75 Å². The van der Waals surface area contributed by atoms with E-state index in [1.165, 1.54) is 0 Å². The van der Waals surface area contributed by atoms with Crippen LogP contribution in [0.25, 0.3) is 0 Å². The standard InChI is InChI=1S/C16H23BrClNO3/c1-12-10-19(11-13(2)22-12)5-6-20-7-8-21-16-4-3-14(17)9-15(16)18/h3-4,9,12-13H,5-8,10-11H2,1-2H3/t12-,13-/m0/s1. The van der Waals surface area contributed by atoms with Crippen molar-refractivity contribution in [3.63, 3.8) is 0 Å². The number of hydrogen-bond donors (Lipinski definition) is 0. The maximum atomic E-state index is 6.08. The van der Waals surface area contributed by atoms with Gasteiger partial charge in [-0.05, 0) is 32.0 Å². The van der Waals surface area contributed by atoms with Gasteiger partial charge in [0.2, 0.25) is 0 Å². The number of ether oxygens (including phenoxy) is 3. The molecule has 124 valence electrons. The molecule has 0 aliphatic carbocycles. The molecular formula is C16H23BrClNO3. The first-order valence-electron chi connectivity index (χ1n) is 7.58. The minimum absolute atomic E-state index is 0.298. The minimum Gasteiger partial charge on any atom is -0.490 e. The van der Waals surface area contributed by atoms with Gasteiger partial charge in [-0.2, -0.15) is 0 Å². The zero-order valence-electron chi connectivity index (χ0n) is 13.1. The lowest BCUT2D eigenvalue weighted by Gasteiger charge is -2.35. The average Bonchev–Trinajstić information content (AvgIpc) is 2.43. The Morgan fingerprint density at radius 2 is 1.95 bits per heavy atom. The molecule has 6 heteroatoms. The topological polar surface area (TPSA) is 30.9 Å². The largest absolute Gasteiger partial charge is 0.490 e. The molecule has 0 amide bonds. The van der Waals surface area contributed by atoms with E-state index in [-0.39, 0.29) is 0 Å². The highest BCUT2D eigenvalue weighted by molar-refractivity contribution is 9.10. The van der Waals surface area contributed by atoms with Gasteiger partial charge in [0, 0.05) is 24.1 Å². The second kappa shape index (κ2) is 9.08. The number of rotatable bonds is 7. The molecule has 22 heavy (non-hydrogen) atoms. The van der Waals surface area contributed by atoms with Crippen LogP contribution in [0.4, 0.5) is 0 Å². The zero-order chi connectivity index (χ0) is 15.9. The highest BCUT2D eigenvalue weighted by Crippen LogP contribution is 2.27. The molecule has 0 aromatic heterocycles. The number of morpholine rings is 1. The van der Waals surface area contributed by atoms with Crippen molar-refractivity contribution in [1.82, 2.24) is 4.90 Å². The summed E-state index contributed by atoms with van der Waals surface area (Å²) >= 11 is 9.45. The maximum Gasteiger partial charge on any atom is 0.138 e. The number of nitrogens with zero attached hydrogens (tertiary/aromatic N) is 1. The molecule has 4 nitrogen and oxygen atoms in total. The van der Waals surface area contributed by atoms with Crippen molar-refractivity contribution in [1.29, 1.82) is 0 Å². The first-order chi connectivity index (χ1) is 10.5. The second-order valence-corrected chi connectivity index (χ2v) is 6.88. The Labute approximate surface area is 145 Å². The molecule has 1 aliphatic rings. The fourth-order valence-electron chi connectivity index (χ4n) is 2.57. The fraction of sp³-hybridized carbons (Fsp3) is 0.625. The monoisotopic (exact) mass is 391 g/mol. The van der Waals surface area contributed by atoms with Crippen LogP contribution in [0.1, 0.15) is 13.8 Å². The van der Waals surface area contributed by atoms with E-state index >= 15 is 0 Å². The van der Waals surface area contributed by atoms with Crippen molar-refractivity contribution in [2.24, 2.45) is 0 Å². The summed E-state index contributed by atoms with van der Waals surface area (Å²) in [4.78, 5) is 2.38. The Balaban J connectivity index is 1.57. The van der Waals surface area contributed by atoms with Crippen LogP contribution in [0, 0.1) is 0 Å². The Morgan fingerprint density at radius 1 is 1.23 bits per heavy atom. The molecule has 2 atom stereocenters. The van der Waals surface area contributed by atoms with E-state index in [0.29, 0.717) is 42.8 Å². The summed E-state index contributed by atoms with van der Waals surface area (Å²) in [5, 5.41) is 0.602. The lowest BCUT2D eigenvalue weighted by atomic mass is 10.2. The van der Waals surface area contributed by atoms with Gasteiger partial charge in [0.1, 0.15) is 12.4 Å². The van der Waals surface area contributed by atoms with Crippen LogP contribution >= 0.6 is 27.5 Å². The van der Waals surface area contributed by atoms with Gasteiger partial charge in [0.05, 0.1) is 30.4 Å². The molecule has 0 saturated carbocycles. The number of benzene rings is 1. The van der Waals surface area contributed by atoms with Crippen molar-refractivity contribution in [2.75, 3.05) is 39.5 Å². The van der Waals surface area contributed by atoms with Crippen LogP contribution in [0.3, 0.4) is 0 Å². The van der Waals surface area contributed by atoms with E-state index in [1.54, 1.807) is 0 Å². The van der Waals surface area contributed by atoms with Gasteiger partial charge in [-0.3, -0.25) is 4.90 Å². The normalized spacial score (nSPS) is 22.7. The molecule has 0 radical (unpaired) electrons. The van der Waals surface area contributed by atoms with Gasteiger partial charge in [0.25, 0.3) is 0 Å². The highest BCUT2D eigenvalue weighted by Gasteiger charge is 2.21. The molecule has 1 aromatic carbocycles. The van der Waals surface area contributed by atoms with Gasteiger partial charge in [-0.1, -0.05) is 27.5 Å². The summed E-state index contributed by atoms with van der Waals surface area (Å²) in [5.74, 6) is 0.685. The predicted molar refractivity (Wildman–Crippen MR) is 91.9 cm³/mol. The van der Waals surface area contributed by atoms with Gasteiger partial charge < -0.3 is 14.2 Å². The summed E-state index contributed by atoms with van der Waals surface area (Å²) in [6.07, 6.45) is 0.596. The molecule has 0 bridgehead atoms. The van der Waals surface area contributed by atoms with Crippen LogP contribution in [-0.4, -0.2) is 56.6 Å². The molecule has 1 fully saturated rings. The Hall–Kier alpha value is -0.330. The second-order valence-electron chi connectivity index (χ2n) is 5.55. The van der Waals surface area contributed by atoms with Crippen molar-refractivity contribution in [2.45, 2.75) is 26.1 Å². The first kappa shape index (κ1) is 18.0. The van der Waals surface area contributed by atoms with E-state index in [0.717, 1.165) is 24.1 Å². The van der Waals surface area contributed by atoms with E-state index in [1.807, 2.05) is 18.2 Å². The SMILES string of the molecule is C[C@H]1CN(CCOCCOc2ccc(Br)cc2Cl)C[C@H](C)O1. The molecule has 1 aromatic rings. The fourth-order valence-corrected chi connectivity index (χ4v) is 3.29. The lowest BCUT2D eigenvalue weighted by molar-refractivity contribution is -0.0734.